The largest absolute Gasteiger partial charge is 0.357 e. The summed E-state index contributed by atoms with van der Waals surface area (Å²) >= 11 is 0. The Hall–Kier alpha value is -1.69. The molecule has 1 aromatic heterocycles. The van der Waals surface area contributed by atoms with E-state index in [0.29, 0.717) is 12.1 Å². The molecular formula is C20H33N5. The molecule has 5 heteroatoms. The molecule has 0 bridgehead atoms. The van der Waals surface area contributed by atoms with Crippen molar-refractivity contribution in [2.45, 2.75) is 31.3 Å². The quantitative estimate of drug-likeness (QED) is 0.613. The minimum atomic E-state index is 0.616. The molecule has 138 valence electrons. The van der Waals surface area contributed by atoms with Crippen molar-refractivity contribution in [2.75, 3.05) is 44.8 Å². The molecule has 25 heavy (non-hydrogen) atoms. The highest BCUT2D eigenvalue weighted by atomic mass is 15.2. The van der Waals surface area contributed by atoms with Crippen molar-refractivity contribution in [1.29, 1.82) is 0 Å². The van der Waals surface area contributed by atoms with Crippen LogP contribution in [0.25, 0.3) is 6.08 Å². The van der Waals surface area contributed by atoms with Crippen LogP contribution in [0.5, 0.6) is 0 Å². The zero-order valence-corrected chi connectivity index (χ0v) is 15.6. The van der Waals surface area contributed by atoms with Crippen LogP contribution in [0, 0.1) is 0 Å². The predicted molar refractivity (Wildman–Crippen MR) is 108 cm³/mol. The lowest BCUT2D eigenvalue weighted by molar-refractivity contribution is 0.367. The lowest BCUT2D eigenvalue weighted by Gasteiger charge is -2.33. The van der Waals surface area contributed by atoms with E-state index in [9.17, 15) is 0 Å². The number of likely N-dealkylation sites (tertiary alicyclic amines) is 1. The molecule has 1 atom stereocenters. The molecule has 2 saturated heterocycles. The van der Waals surface area contributed by atoms with Gasteiger partial charge in [-0.05, 0) is 50.6 Å². The number of pyridine rings is 1. The number of nitrogens with zero attached hydrogens (tertiary/aromatic N) is 3. The number of anilines is 1. The van der Waals surface area contributed by atoms with Gasteiger partial charge in [0.2, 0.25) is 0 Å². The first kappa shape index (κ1) is 19.6. The summed E-state index contributed by atoms with van der Waals surface area (Å²) in [4.78, 5) is 9.31. The molecule has 0 aliphatic carbocycles. The Kier molecular flexibility index (Phi) is 8.12. The summed E-state index contributed by atoms with van der Waals surface area (Å²) in [5.41, 5.74) is 1.08. The third kappa shape index (κ3) is 5.96. The van der Waals surface area contributed by atoms with E-state index < -0.39 is 0 Å². The van der Waals surface area contributed by atoms with Crippen LogP contribution in [0.4, 0.5) is 5.82 Å². The minimum Gasteiger partial charge on any atom is -0.357 e. The van der Waals surface area contributed by atoms with Crippen molar-refractivity contribution < 1.29 is 0 Å². The first-order valence-corrected chi connectivity index (χ1v) is 9.23. The van der Waals surface area contributed by atoms with Gasteiger partial charge in [0, 0.05) is 44.6 Å². The standard InChI is InChI=1S/C18H29N5.C2H4/c1-3-15-4-5-18(19-12-15)23-10-7-16(8-11-23)20-14-21-17-6-9-22(2)13-17;1-2/h3-5,12,16-17,20-21H,1,6-11,13-14H2,2H3;1-2H2. The highest BCUT2D eigenvalue weighted by Crippen LogP contribution is 2.18. The van der Waals surface area contributed by atoms with Crippen LogP contribution in [-0.4, -0.2) is 61.9 Å². The summed E-state index contributed by atoms with van der Waals surface area (Å²) in [7, 11) is 2.19. The second-order valence-electron chi connectivity index (χ2n) is 6.75. The van der Waals surface area contributed by atoms with E-state index in [-0.39, 0.29) is 0 Å². The van der Waals surface area contributed by atoms with Gasteiger partial charge in [0.1, 0.15) is 5.82 Å². The molecule has 2 fully saturated rings. The first-order valence-electron chi connectivity index (χ1n) is 9.23. The average molecular weight is 344 g/mol. The summed E-state index contributed by atoms with van der Waals surface area (Å²) in [6.45, 7) is 15.2. The summed E-state index contributed by atoms with van der Waals surface area (Å²) in [6, 6.07) is 5.45. The third-order valence-electron chi connectivity index (χ3n) is 5.00. The molecule has 2 aliphatic rings. The van der Waals surface area contributed by atoms with Crippen molar-refractivity contribution in [3.8, 4) is 0 Å². The van der Waals surface area contributed by atoms with Gasteiger partial charge in [0.25, 0.3) is 0 Å². The molecule has 2 aliphatic heterocycles. The molecule has 0 amide bonds. The van der Waals surface area contributed by atoms with E-state index >= 15 is 0 Å². The van der Waals surface area contributed by atoms with Crippen molar-refractivity contribution in [2.24, 2.45) is 0 Å². The van der Waals surface area contributed by atoms with E-state index in [1.165, 1.54) is 32.4 Å². The van der Waals surface area contributed by atoms with Crippen molar-refractivity contribution in [1.82, 2.24) is 20.5 Å². The second-order valence-corrected chi connectivity index (χ2v) is 6.75. The van der Waals surface area contributed by atoms with Crippen LogP contribution in [0.3, 0.4) is 0 Å². The van der Waals surface area contributed by atoms with Gasteiger partial charge in [-0.3, -0.25) is 0 Å². The Balaban J connectivity index is 0.00000109. The van der Waals surface area contributed by atoms with Crippen LogP contribution >= 0.6 is 0 Å². The Morgan fingerprint density at radius 1 is 1.12 bits per heavy atom. The lowest BCUT2D eigenvalue weighted by atomic mass is 10.1. The Morgan fingerprint density at radius 3 is 2.36 bits per heavy atom. The number of likely N-dealkylation sites (N-methyl/N-ethyl adjacent to an activating group) is 1. The van der Waals surface area contributed by atoms with Gasteiger partial charge in [0.15, 0.2) is 0 Å². The summed E-state index contributed by atoms with van der Waals surface area (Å²) in [6.07, 6.45) is 7.36. The zero-order valence-electron chi connectivity index (χ0n) is 15.6. The van der Waals surface area contributed by atoms with Gasteiger partial charge >= 0.3 is 0 Å². The van der Waals surface area contributed by atoms with Gasteiger partial charge in [-0.1, -0.05) is 12.7 Å². The van der Waals surface area contributed by atoms with Gasteiger partial charge < -0.3 is 20.4 Å². The highest BCUT2D eigenvalue weighted by Gasteiger charge is 2.21. The van der Waals surface area contributed by atoms with E-state index in [0.717, 1.165) is 31.1 Å². The molecule has 5 nitrogen and oxygen atoms in total. The molecule has 1 unspecified atom stereocenters. The number of rotatable bonds is 6. The Morgan fingerprint density at radius 2 is 1.80 bits per heavy atom. The number of piperidine rings is 1. The van der Waals surface area contributed by atoms with Crippen LogP contribution in [-0.2, 0) is 0 Å². The van der Waals surface area contributed by atoms with Crippen LogP contribution < -0.4 is 15.5 Å². The third-order valence-corrected chi connectivity index (χ3v) is 5.00. The van der Waals surface area contributed by atoms with Gasteiger partial charge in [0.05, 0.1) is 0 Å². The van der Waals surface area contributed by atoms with Crippen LogP contribution in [0.1, 0.15) is 24.8 Å². The molecule has 3 rings (SSSR count). The maximum atomic E-state index is 4.54. The van der Waals surface area contributed by atoms with Gasteiger partial charge in [-0.2, -0.15) is 0 Å². The summed E-state index contributed by atoms with van der Waals surface area (Å²) in [5.74, 6) is 1.08. The fourth-order valence-corrected chi connectivity index (χ4v) is 3.47. The zero-order chi connectivity index (χ0) is 18.1. The summed E-state index contributed by atoms with van der Waals surface area (Å²) in [5, 5.41) is 7.29. The fraction of sp³-hybridized carbons (Fsp3) is 0.550. The minimum absolute atomic E-state index is 0.616. The van der Waals surface area contributed by atoms with E-state index in [1.807, 2.05) is 12.3 Å². The molecular weight excluding hydrogens is 310 g/mol. The van der Waals surface area contributed by atoms with E-state index in [2.05, 4.69) is 64.3 Å². The SMILES string of the molecule is C=C.C=Cc1ccc(N2CCC(NCNC3CCN(C)C3)CC2)nc1. The van der Waals surface area contributed by atoms with Gasteiger partial charge in [-0.25, -0.2) is 4.98 Å². The number of hydrogen-bond donors (Lipinski definition) is 2. The first-order chi connectivity index (χ1) is 12.2. The van der Waals surface area contributed by atoms with E-state index in [1.54, 1.807) is 0 Å². The van der Waals surface area contributed by atoms with Crippen LogP contribution in [0.2, 0.25) is 0 Å². The molecule has 3 heterocycles. The second kappa shape index (κ2) is 10.3. The molecule has 2 N–H and O–H groups in total. The van der Waals surface area contributed by atoms with Crippen molar-refractivity contribution in [3.63, 3.8) is 0 Å². The maximum absolute atomic E-state index is 4.54. The molecule has 0 radical (unpaired) electrons. The topological polar surface area (TPSA) is 43.4 Å². The smallest absolute Gasteiger partial charge is 0.128 e. The van der Waals surface area contributed by atoms with Crippen molar-refractivity contribution >= 4 is 11.9 Å². The monoisotopic (exact) mass is 343 g/mol. The normalized spacial score (nSPS) is 21.6. The predicted octanol–water partition coefficient (Wildman–Crippen LogP) is 2.34. The maximum Gasteiger partial charge on any atom is 0.128 e. The molecule has 0 aromatic carbocycles. The fourth-order valence-electron chi connectivity index (χ4n) is 3.47. The van der Waals surface area contributed by atoms with Gasteiger partial charge in [-0.15, -0.1) is 13.2 Å². The lowest BCUT2D eigenvalue weighted by Crippen LogP contribution is -2.47. The average Bonchev–Trinajstić information content (AvgIpc) is 3.09. The van der Waals surface area contributed by atoms with Crippen molar-refractivity contribution in [3.05, 3.63) is 43.6 Å². The Bertz CT molecular complexity index is 507. The Labute approximate surface area is 152 Å². The number of aromatic nitrogens is 1. The summed E-state index contributed by atoms with van der Waals surface area (Å²) < 4.78 is 0. The number of hydrogen-bond acceptors (Lipinski definition) is 5. The molecule has 1 aromatic rings. The van der Waals surface area contributed by atoms with Crippen LogP contribution in [0.15, 0.2) is 38.1 Å². The molecule has 0 saturated carbocycles. The molecule has 0 spiro atoms. The van der Waals surface area contributed by atoms with E-state index in [4.69, 9.17) is 0 Å². The highest BCUT2D eigenvalue weighted by molar-refractivity contribution is 5.49. The number of nitrogens with one attached hydrogen (secondary N) is 2.